The van der Waals surface area contributed by atoms with E-state index in [0.717, 1.165) is 16.7 Å². The lowest BCUT2D eigenvalue weighted by atomic mass is 9.77. The Bertz CT molecular complexity index is 1730. The normalized spacial score (nSPS) is 12.7. The molecule has 0 bridgehead atoms. The Morgan fingerprint density at radius 2 is 1.13 bits per heavy atom. The molecule has 0 unspecified atom stereocenters. The number of nitrogens with one attached hydrogen (secondary N) is 5. The van der Waals surface area contributed by atoms with Crippen LogP contribution in [0, 0.1) is 0 Å². The van der Waals surface area contributed by atoms with E-state index in [1.54, 1.807) is 24.3 Å². The molecule has 5 amide bonds. The summed E-state index contributed by atoms with van der Waals surface area (Å²) in [5, 5.41) is 23.1. The molecule has 0 spiro atoms. The summed E-state index contributed by atoms with van der Waals surface area (Å²) >= 11 is 0. The van der Waals surface area contributed by atoms with Gasteiger partial charge in [0.2, 0.25) is 29.5 Å². The van der Waals surface area contributed by atoms with Gasteiger partial charge in [-0.15, -0.1) is 0 Å². The standard InChI is InChI=1S/C41H47N5O8/c1-28(42-37(49)27-54-24-23-53-3)38(50)43-29(2)39(51)45-35(40(52)44-34-21-19-30(26-47)20-22-34)25-36(48)46-41(31-13-7-4-8-14-31,32-15-9-5-10-16-32)33-17-11-6-12-18-33/h4-22,28-29,35,47H,23-27H2,1-3H3,(H,42,49)(H,43,50)(H,44,52)(H,45,51)(H,46,48)/t28-,29-,35-/m0/s1. The summed E-state index contributed by atoms with van der Waals surface area (Å²) in [4.78, 5) is 66.7. The van der Waals surface area contributed by atoms with E-state index in [1.807, 2.05) is 91.0 Å². The monoisotopic (exact) mass is 737 g/mol. The Hall–Kier alpha value is -5.89. The predicted octanol–water partition coefficient (Wildman–Crippen LogP) is 2.77. The van der Waals surface area contributed by atoms with E-state index in [9.17, 15) is 29.1 Å². The van der Waals surface area contributed by atoms with E-state index < -0.39 is 59.6 Å². The first-order valence-electron chi connectivity index (χ1n) is 17.5. The summed E-state index contributed by atoms with van der Waals surface area (Å²) in [6, 6.07) is 31.2. The van der Waals surface area contributed by atoms with Crippen LogP contribution in [-0.2, 0) is 45.6 Å². The number of carbonyl (C=O) groups excluding carboxylic acids is 5. The van der Waals surface area contributed by atoms with Gasteiger partial charge in [-0.05, 0) is 48.2 Å². The summed E-state index contributed by atoms with van der Waals surface area (Å²) in [7, 11) is 1.50. The van der Waals surface area contributed by atoms with Crippen molar-refractivity contribution in [1.82, 2.24) is 21.3 Å². The number of aliphatic hydroxyl groups is 1. The summed E-state index contributed by atoms with van der Waals surface area (Å²) in [5.41, 5.74) is 2.13. The van der Waals surface area contributed by atoms with E-state index in [2.05, 4.69) is 26.6 Å². The molecule has 0 aromatic heterocycles. The minimum absolute atomic E-state index is 0.187. The zero-order chi connectivity index (χ0) is 38.9. The Labute approximate surface area is 314 Å². The van der Waals surface area contributed by atoms with Gasteiger partial charge in [0.1, 0.15) is 30.3 Å². The van der Waals surface area contributed by atoms with Gasteiger partial charge in [-0.3, -0.25) is 24.0 Å². The molecule has 4 aromatic rings. The average molecular weight is 738 g/mol. The Balaban J connectivity index is 1.57. The molecule has 54 heavy (non-hydrogen) atoms. The second-order valence-corrected chi connectivity index (χ2v) is 12.6. The molecule has 284 valence electrons. The average Bonchev–Trinajstić information content (AvgIpc) is 3.19. The number of methoxy groups -OCH3 is 1. The van der Waals surface area contributed by atoms with Crippen molar-refractivity contribution < 1.29 is 38.6 Å². The number of hydrogen-bond donors (Lipinski definition) is 6. The highest BCUT2D eigenvalue weighted by molar-refractivity contribution is 6.01. The number of rotatable bonds is 19. The summed E-state index contributed by atoms with van der Waals surface area (Å²) < 4.78 is 10.1. The number of amides is 5. The largest absolute Gasteiger partial charge is 0.392 e. The minimum atomic E-state index is -1.39. The third-order valence-corrected chi connectivity index (χ3v) is 8.56. The van der Waals surface area contributed by atoms with Crippen LogP contribution in [0.4, 0.5) is 5.69 Å². The lowest BCUT2D eigenvalue weighted by Gasteiger charge is -2.37. The number of ether oxygens (including phenoxy) is 2. The molecule has 0 saturated heterocycles. The fraction of sp³-hybridized carbons (Fsp3) is 0.293. The Morgan fingerprint density at radius 3 is 1.63 bits per heavy atom. The molecule has 0 heterocycles. The summed E-state index contributed by atoms with van der Waals surface area (Å²) in [5.74, 6) is -3.16. The maximum atomic E-state index is 14.3. The fourth-order valence-corrected chi connectivity index (χ4v) is 5.72. The van der Waals surface area contributed by atoms with E-state index in [1.165, 1.54) is 21.0 Å². The number of benzene rings is 4. The number of aliphatic hydroxyl groups excluding tert-OH is 1. The summed E-state index contributed by atoms with van der Waals surface area (Å²) in [6.07, 6.45) is -0.475. The molecule has 4 aromatic carbocycles. The molecule has 3 atom stereocenters. The van der Waals surface area contributed by atoms with Gasteiger partial charge in [0, 0.05) is 12.8 Å². The first-order chi connectivity index (χ1) is 26.1. The van der Waals surface area contributed by atoms with Crippen LogP contribution in [0.25, 0.3) is 0 Å². The van der Waals surface area contributed by atoms with E-state index in [0.29, 0.717) is 17.9 Å². The minimum Gasteiger partial charge on any atom is -0.392 e. The lowest BCUT2D eigenvalue weighted by molar-refractivity contribution is -0.134. The van der Waals surface area contributed by atoms with E-state index in [4.69, 9.17) is 9.47 Å². The molecule has 13 nitrogen and oxygen atoms in total. The predicted molar refractivity (Wildman–Crippen MR) is 203 cm³/mol. The first-order valence-corrected chi connectivity index (χ1v) is 17.5. The molecule has 6 N–H and O–H groups in total. The SMILES string of the molecule is COCCOCC(=O)N[C@@H](C)C(=O)N[C@@H](C)C(=O)N[C@@H](CC(=O)NC(c1ccccc1)(c1ccccc1)c1ccccc1)C(=O)Nc1ccc(CO)cc1. The smallest absolute Gasteiger partial charge is 0.247 e. The van der Waals surface area contributed by atoms with Crippen molar-refractivity contribution in [2.45, 2.75) is 50.5 Å². The van der Waals surface area contributed by atoms with Gasteiger partial charge in [0.05, 0.1) is 26.2 Å². The highest BCUT2D eigenvalue weighted by Crippen LogP contribution is 2.37. The second kappa shape index (κ2) is 20.4. The molecule has 0 aliphatic heterocycles. The first kappa shape index (κ1) is 40.9. The van der Waals surface area contributed by atoms with Gasteiger partial charge in [0.15, 0.2) is 0 Å². The zero-order valence-electron chi connectivity index (χ0n) is 30.5. The lowest BCUT2D eigenvalue weighted by Crippen LogP contribution is -2.56. The van der Waals surface area contributed by atoms with Crippen LogP contribution in [0.15, 0.2) is 115 Å². The Kier molecular flexibility index (Phi) is 15.4. The summed E-state index contributed by atoms with van der Waals surface area (Å²) in [6.45, 7) is 2.91. The molecule has 0 fully saturated rings. The molecular formula is C41H47N5O8. The molecular weight excluding hydrogens is 690 g/mol. The molecule has 4 rings (SSSR count). The van der Waals surface area contributed by atoms with Crippen LogP contribution in [0.1, 0.15) is 42.5 Å². The van der Waals surface area contributed by atoms with Crippen LogP contribution in [0.2, 0.25) is 0 Å². The van der Waals surface area contributed by atoms with Crippen molar-refractivity contribution in [1.29, 1.82) is 0 Å². The van der Waals surface area contributed by atoms with E-state index >= 15 is 0 Å². The zero-order valence-corrected chi connectivity index (χ0v) is 30.5. The maximum absolute atomic E-state index is 14.3. The molecule has 0 saturated carbocycles. The topological polar surface area (TPSA) is 184 Å². The van der Waals surface area contributed by atoms with Crippen molar-refractivity contribution in [3.05, 3.63) is 138 Å². The molecule has 0 radical (unpaired) electrons. The third-order valence-electron chi connectivity index (χ3n) is 8.56. The van der Waals surface area contributed by atoms with Crippen LogP contribution < -0.4 is 26.6 Å². The van der Waals surface area contributed by atoms with Crippen molar-refractivity contribution in [2.24, 2.45) is 0 Å². The highest BCUT2D eigenvalue weighted by Gasteiger charge is 2.39. The van der Waals surface area contributed by atoms with Gasteiger partial charge in [-0.25, -0.2) is 0 Å². The van der Waals surface area contributed by atoms with Crippen LogP contribution in [-0.4, -0.2) is 79.7 Å². The van der Waals surface area contributed by atoms with Crippen molar-refractivity contribution in [2.75, 3.05) is 32.2 Å². The van der Waals surface area contributed by atoms with Crippen LogP contribution >= 0.6 is 0 Å². The van der Waals surface area contributed by atoms with Crippen LogP contribution in [0.5, 0.6) is 0 Å². The second-order valence-electron chi connectivity index (χ2n) is 12.6. The highest BCUT2D eigenvalue weighted by atomic mass is 16.5. The van der Waals surface area contributed by atoms with Gasteiger partial charge < -0.3 is 41.2 Å². The van der Waals surface area contributed by atoms with Crippen molar-refractivity contribution in [3.8, 4) is 0 Å². The molecule has 0 aliphatic rings. The van der Waals surface area contributed by atoms with Gasteiger partial charge in [0.25, 0.3) is 0 Å². The number of anilines is 1. The number of hydrogen-bond acceptors (Lipinski definition) is 8. The molecule has 0 aliphatic carbocycles. The quantitative estimate of drug-likeness (QED) is 0.0627. The van der Waals surface area contributed by atoms with Crippen LogP contribution in [0.3, 0.4) is 0 Å². The van der Waals surface area contributed by atoms with Gasteiger partial charge in [-0.2, -0.15) is 0 Å². The van der Waals surface area contributed by atoms with Crippen molar-refractivity contribution >= 4 is 35.2 Å². The Morgan fingerprint density at radius 1 is 0.630 bits per heavy atom. The van der Waals surface area contributed by atoms with Gasteiger partial charge >= 0.3 is 0 Å². The third kappa shape index (κ3) is 11.3. The van der Waals surface area contributed by atoms with E-state index in [-0.39, 0.29) is 19.8 Å². The number of carbonyl (C=O) groups is 5. The van der Waals surface area contributed by atoms with Gasteiger partial charge in [-0.1, -0.05) is 103 Å². The molecule has 13 heteroatoms. The maximum Gasteiger partial charge on any atom is 0.247 e. The van der Waals surface area contributed by atoms with Crippen molar-refractivity contribution in [3.63, 3.8) is 0 Å². The fourth-order valence-electron chi connectivity index (χ4n) is 5.72.